The van der Waals surface area contributed by atoms with E-state index < -0.39 is 6.09 Å². The molecule has 1 heterocycles. The Bertz CT molecular complexity index is 1100. The molecule has 0 unspecified atom stereocenters. The lowest BCUT2D eigenvalue weighted by molar-refractivity contribution is 0.215. The van der Waals surface area contributed by atoms with Crippen LogP contribution in [0.25, 0.3) is 21.9 Å². The first-order valence-electron chi connectivity index (χ1n) is 7.76. The molecule has 5 heteroatoms. The van der Waals surface area contributed by atoms with E-state index in [0.29, 0.717) is 16.5 Å². The van der Waals surface area contributed by atoms with Gasteiger partial charge in [-0.2, -0.15) is 0 Å². The van der Waals surface area contributed by atoms with Crippen LogP contribution in [-0.2, 0) is 0 Å². The first-order valence-corrected chi connectivity index (χ1v) is 8.14. The summed E-state index contributed by atoms with van der Waals surface area (Å²) in [6.07, 6.45) is -0.577. The van der Waals surface area contributed by atoms with Gasteiger partial charge >= 0.3 is 6.09 Å². The molecule has 124 valence electrons. The number of furan rings is 1. The number of halogens is 1. The molecule has 0 aliphatic rings. The Morgan fingerprint density at radius 3 is 2.64 bits per heavy atom. The van der Waals surface area contributed by atoms with E-state index in [1.54, 1.807) is 30.3 Å². The third kappa shape index (κ3) is 3.04. The third-order valence-electron chi connectivity index (χ3n) is 3.98. The van der Waals surface area contributed by atoms with Crippen molar-refractivity contribution in [3.63, 3.8) is 0 Å². The van der Waals surface area contributed by atoms with Gasteiger partial charge in [-0.1, -0.05) is 35.9 Å². The van der Waals surface area contributed by atoms with Gasteiger partial charge in [0.2, 0.25) is 0 Å². The number of benzene rings is 3. The van der Waals surface area contributed by atoms with Gasteiger partial charge in [0.15, 0.2) is 0 Å². The smallest absolute Gasteiger partial charge is 0.417 e. The van der Waals surface area contributed by atoms with Crippen LogP contribution in [0.3, 0.4) is 0 Å². The van der Waals surface area contributed by atoms with Gasteiger partial charge < -0.3 is 9.15 Å². The Balaban J connectivity index is 1.58. The number of anilines is 1. The zero-order chi connectivity index (χ0) is 17.4. The van der Waals surface area contributed by atoms with Crippen LogP contribution in [0.5, 0.6) is 5.75 Å². The van der Waals surface area contributed by atoms with E-state index in [9.17, 15) is 4.79 Å². The average Bonchev–Trinajstić information content (AvgIpc) is 2.96. The number of rotatable bonds is 2. The van der Waals surface area contributed by atoms with Gasteiger partial charge in [-0.25, -0.2) is 4.79 Å². The van der Waals surface area contributed by atoms with Crippen molar-refractivity contribution in [3.05, 3.63) is 71.2 Å². The molecule has 0 bridgehead atoms. The highest BCUT2D eigenvalue weighted by molar-refractivity contribution is 6.31. The number of para-hydroxylation sites is 1. The Morgan fingerprint density at radius 1 is 1.00 bits per heavy atom. The summed E-state index contributed by atoms with van der Waals surface area (Å²) in [6, 6.07) is 18.3. The van der Waals surface area contributed by atoms with Crippen molar-refractivity contribution < 1.29 is 13.9 Å². The van der Waals surface area contributed by atoms with Crippen molar-refractivity contribution in [1.29, 1.82) is 0 Å². The summed E-state index contributed by atoms with van der Waals surface area (Å²) in [6.45, 7) is 1.90. The molecule has 0 atom stereocenters. The topological polar surface area (TPSA) is 51.5 Å². The molecule has 3 aromatic carbocycles. The summed E-state index contributed by atoms with van der Waals surface area (Å²) in [4.78, 5) is 12.1. The molecule has 0 aliphatic carbocycles. The predicted octanol–water partition coefficient (Wildman–Crippen LogP) is 6.16. The second kappa shape index (κ2) is 6.15. The van der Waals surface area contributed by atoms with E-state index >= 15 is 0 Å². The van der Waals surface area contributed by atoms with Crippen LogP contribution in [0.2, 0.25) is 5.02 Å². The number of hydrogen-bond acceptors (Lipinski definition) is 3. The monoisotopic (exact) mass is 351 g/mol. The number of amides is 1. The molecule has 4 rings (SSSR count). The minimum absolute atomic E-state index is 0.440. The van der Waals surface area contributed by atoms with E-state index in [0.717, 1.165) is 27.5 Å². The van der Waals surface area contributed by atoms with Crippen LogP contribution >= 0.6 is 11.6 Å². The number of carbonyl (C=O) groups excluding carboxylic acids is 1. The minimum Gasteiger partial charge on any atom is -0.456 e. The second-order valence-corrected chi connectivity index (χ2v) is 6.14. The van der Waals surface area contributed by atoms with Gasteiger partial charge in [-0.3, -0.25) is 5.32 Å². The predicted molar refractivity (Wildman–Crippen MR) is 99.6 cm³/mol. The molecule has 0 radical (unpaired) electrons. The Kier molecular flexibility index (Phi) is 3.82. The minimum atomic E-state index is -0.577. The highest BCUT2D eigenvalue weighted by Gasteiger charge is 2.10. The highest BCUT2D eigenvalue weighted by Crippen LogP contribution is 2.31. The van der Waals surface area contributed by atoms with Crippen molar-refractivity contribution in [3.8, 4) is 5.75 Å². The van der Waals surface area contributed by atoms with Gasteiger partial charge in [0.1, 0.15) is 16.9 Å². The van der Waals surface area contributed by atoms with Crippen molar-refractivity contribution in [1.82, 2.24) is 0 Å². The molecule has 0 saturated carbocycles. The number of ether oxygens (including phenoxy) is 1. The van der Waals surface area contributed by atoms with Gasteiger partial charge in [0, 0.05) is 21.5 Å². The Labute approximate surface area is 149 Å². The Hall–Kier alpha value is -2.98. The summed E-state index contributed by atoms with van der Waals surface area (Å²) in [5, 5.41) is 5.14. The normalized spacial score (nSPS) is 11.0. The summed E-state index contributed by atoms with van der Waals surface area (Å²) in [5.41, 5.74) is 3.07. The van der Waals surface area contributed by atoms with Crippen LogP contribution in [0, 0.1) is 6.92 Å². The van der Waals surface area contributed by atoms with Crippen LogP contribution in [0.1, 0.15) is 5.56 Å². The third-order valence-corrected chi connectivity index (χ3v) is 4.38. The van der Waals surface area contributed by atoms with Crippen molar-refractivity contribution in [2.24, 2.45) is 0 Å². The van der Waals surface area contributed by atoms with E-state index in [1.165, 1.54) is 0 Å². The standard InChI is InChI=1S/C20H14ClNO3/c1-12-6-7-13(10-17(12)21)22-20(23)24-14-8-9-19-16(11-14)15-4-2-3-5-18(15)25-19/h2-11H,1H3,(H,22,23). The zero-order valence-electron chi connectivity index (χ0n) is 13.4. The van der Waals surface area contributed by atoms with Crippen LogP contribution in [-0.4, -0.2) is 6.09 Å². The van der Waals surface area contributed by atoms with E-state index in [1.807, 2.05) is 37.3 Å². The van der Waals surface area contributed by atoms with E-state index in [2.05, 4.69) is 5.32 Å². The molecule has 0 spiro atoms. The fourth-order valence-corrected chi connectivity index (χ4v) is 2.87. The fourth-order valence-electron chi connectivity index (χ4n) is 2.69. The molecular weight excluding hydrogens is 338 g/mol. The average molecular weight is 352 g/mol. The van der Waals surface area contributed by atoms with Crippen LogP contribution < -0.4 is 10.1 Å². The van der Waals surface area contributed by atoms with E-state index in [4.69, 9.17) is 20.8 Å². The largest absolute Gasteiger partial charge is 0.456 e. The molecule has 0 fully saturated rings. The number of nitrogens with one attached hydrogen (secondary N) is 1. The maximum Gasteiger partial charge on any atom is 0.417 e. The summed E-state index contributed by atoms with van der Waals surface area (Å²) < 4.78 is 11.1. The summed E-state index contributed by atoms with van der Waals surface area (Å²) in [7, 11) is 0. The van der Waals surface area contributed by atoms with Crippen molar-refractivity contribution >= 4 is 45.3 Å². The lowest BCUT2D eigenvalue weighted by atomic mass is 10.1. The number of hydrogen-bond donors (Lipinski definition) is 1. The van der Waals surface area contributed by atoms with Crippen molar-refractivity contribution in [2.75, 3.05) is 5.32 Å². The zero-order valence-corrected chi connectivity index (χ0v) is 14.1. The SMILES string of the molecule is Cc1ccc(NC(=O)Oc2ccc3oc4ccccc4c3c2)cc1Cl. The molecule has 4 aromatic rings. The quantitative estimate of drug-likeness (QED) is 0.470. The van der Waals surface area contributed by atoms with Gasteiger partial charge in [-0.05, 0) is 48.9 Å². The number of aryl methyl sites for hydroxylation is 1. The first kappa shape index (κ1) is 15.5. The van der Waals surface area contributed by atoms with Crippen molar-refractivity contribution in [2.45, 2.75) is 6.92 Å². The Morgan fingerprint density at radius 2 is 1.80 bits per heavy atom. The lowest BCUT2D eigenvalue weighted by Gasteiger charge is -2.08. The molecule has 0 aliphatic heterocycles. The molecule has 0 saturated heterocycles. The number of carbonyl (C=O) groups is 1. The molecule has 1 N–H and O–H groups in total. The van der Waals surface area contributed by atoms with Gasteiger partial charge in [0.05, 0.1) is 0 Å². The summed E-state index contributed by atoms with van der Waals surface area (Å²) >= 11 is 6.06. The summed E-state index contributed by atoms with van der Waals surface area (Å²) in [5.74, 6) is 0.440. The highest BCUT2D eigenvalue weighted by atomic mass is 35.5. The number of fused-ring (bicyclic) bond motifs is 3. The molecule has 1 aromatic heterocycles. The van der Waals surface area contributed by atoms with Gasteiger partial charge in [0.25, 0.3) is 0 Å². The maximum atomic E-state index is 12.1. The second-order valence-electron chi connectivity index (χ2n) is 5.73. The van der Waals surface area contributed by atoms with Crippen LogP contribution in [0.4, 0.5) is 10.5 Å². The molecule has 1 amide bonds. The lowest BCUT2D eigenvalue weighted by Crippen LogP contribution is -2.16. The molecule has 4 nitrogen and oxygen atoms in total. The fraction of sp³-hybridized carbons (Fsp3) is 0.0500. The van der Waals surface area contributed by atoms with Gasteiger partial charge in [-0.15, -0.1) is 0 Å². The molecular formula is C20H14ClNO3. The van der Waals surface area contributed by atoms with Crippen LogP contribution in [0.15, 0.2) is 65.1 Å². The van der Waals surface area contributed by atoms with E-state index in [-0.39, 0.29) is 0 Å². The first-order chi connectivity index (χ1) is 12.1. The molecule has 25 heavy (non-hydrogen) atoms. The maximum absolute atomic E-state index is 12.1.